The Morgan fingerprint density at radius 2 is 2.00 bits per heavy atom. The fourth-order valence-corrected chi connectivity index (χ4v) is 3.25. The van der Waals surface area contributed by atoms with E-state index in [9.17, 15) is 4.79 Å². The lowest BCUT2D eigenvalue weighted by molar-refractivity contribution is -0.132. The van der Waals surface area contributed by atoms with Crippen LogP contribution in [0.15, 0.2) is 42.7 Å². The molecule has 0 N–H and O–H groups in total. The molecule has 1 aromatic heterocycles. The van der Waals surface area contributed by atoms with Crippen LogP contribution in [-0.4, -0.2) is 40.1 Å². The predicted octanol–water partition coefficient (Wildman–Crippen LogP) is 2.99. The van der Waals surface area contributed by atoms with Crippen LogP contribution in [0.4, 0.5) is 0 Å². The van der Waals surface area contributed by atoms with E-state index in [1.54, 1.807) is 0 Å². The number of nitrogens with zero attached hydrogens (tertiary/aromatic N) is 3. The van der Waals surface area contributed by atoms with Gasteiger partial charge in [0.15, 0.2) is 0 Å². The average Bonchev–Trinajstić information content (AvgIpc) is 3.05. The lowest BCUT2D eigenvalue weighted by Crippen LogP contribution is -2.38. The van der Waals surface area contributed by atoms with Gasteiger partial charge in [0.1, 0.15) is 11.6 Å². The van der Waals surface area contributed by atoms with Crippen molar-refractivity contribution in [1.82, 2.24) is 14.5 Å². The molecule has 0 atom stereocenters. The largest absolute Gasteiger partial charge is 0.494 e. The Kier molecular flexibility index (Phi) is 5.51. The Bertz CT molecular complexity index is 646. The number of rotatable bonds is 6. The zero-order valence-corrected chi connectivity index (χ0v) is 14.2. The normalized spacial score (nSPS) is 15.5. The molecule has 1 aliphatic heterocycles. The lowest BCUT2D eigenvalue weighted by Gasteiger charge is -2.31. The summed E-state index contributed by atoms with van der Waals surface area (Å²) in [6, 6.07) is 9.73. The quantitative estimate of drug-likeness (QED) is 0.766. The first-order valence-corrected chi connectivity index (χ1v) is 8.67. The number of ether oxygens (including phenoxy) is 1. The highest BCUT2D eigenvalue weighted by Gasteiger charge is 2.25. The van der Waals surface area contributed by atoms with Gasteiger partial charge in [0.05, 0.1) is 6.61 Å². The summed E-state index contributed by atoms with van der Waals surface area (Å²) in [5.74, 6) is 2.71. The Labute approximate surface area is 143 Å². The van der Waals surface area contributed by atoms with Crippen LogP contribution in [0.5, 0.6) is 5.75 Å². The van der Waals surface area contributed by atoms with Crippen molar-refractivity contribution in [3.8, 4) is 5.75 Å². The third-order valence-electron chi connectivity index (χ3n) is 4.62. The number of hydrogen-bond donors (Lipinski definition) is 0. The second kappa shape index (κ2) is 7.99. The molecule has 0 saturated carbocycles. The Morgan fingerprint density at radius 1 is 1.25 bits per heavy atom. The summed E-state index contributed by atoms with van der Waals surface area (Å²) in [5.41, 5.74) is 0. The van der Waals surface area contributed by atoms with Crippen LogP contribution in [0.3, 0.4) is 0 Å². The number of likely N-dealkylation sites (tertiary alicyclic amines) is 1. The van der Waals surface area contributed by atoms with Crippen LogP contribution in [0.2, 0.25) is 0 Å². The van der Waals surface area contributed by atoms with Gasteiger partial charge in [-0.15, -0.1) is 0 Å². The summed E-state index contributed by atoms with van der Waals surface area (Å²) in [5, 5.41) is 0. The van der Waals surface area contributed by atoms with E-state index in [2.05, 4.69) is 9.55 Å². The monoisotopic (exact) mass is 327 g/mol. The van der Waals surface area contributed by atoms with E-state index in [1.807, 2.05) is 54.7 Å². The zero-order valence-electron chi connectivity index (χ0n) is 14.2. The number of imidazole rings is 1. The highest BCUT2D eigenvalue weighted by atomic mass is 16.5. The molecule has 1 aromatic carbocycles. The molecule has 0 unspecified atom stereocenters. The Morgan fingerprint density at radius 3 is 2.67 bits per heavy atom. The van der Waals surface area contributed by atoms with Crippen molar-refractivity contribution < 1.29 is 9.53 Å². The molecule has 0 radical (unpaired) electrons. The van der Waals surface area contributed by atoms with Crippen LogP contribution in [0.1, 0.15) is 37.4 Å². The van der Waals surface area contributed by atoms with E-state index < -0.39 is 0 Å². The first kappa shape index (κ1) is 16.6. The molecule has 3 rings (SSSR count). The van der Waals surface area contributed by atoms with E-state index in [0.29, 0.717) is 18.9 Å². The molecule has 24 heavy (non-hydrogen) atoms. The number of amides is 1. The highest BCUT2D eigenvalue weighted by Crippen LogP contribution is 2.26. The second-order valence-corrected chi connectivity index (χ2v) is 6.32. The van der Waals surface area contributed by atoms with Crippen LogP contribution in [-0.2, 0) is 11.8 Å². The molecule has 5 nitrogen and oxygen atoms in total. The molecule has 0 aliphatic carbocycles. The van der Waals surface area contributed by atoms with Gasteiger partial charge < -0.3 is 14.2 Å². The van der Waals surface area contributed by atoms with Crippen LogP contribution in [0, 0.1) is 0 Å². The zero-order chi connectivity index (χ0) is 16.8. The lowest BCUT2D eigenvalue weighted by atomic mass is 9.95. The second-order valence-electron chi connectivity index (χ2n) is 6.32. The van der Waals surface area contributed by atoms with Crippen molar-refractivity contribution in [2.45, 2.75) is 31.6 Å². The van der Waals surface area contributed by atoms with E-state index >= 15 is 0 Å². The molecule has 5 heteroatoms. The highest BCUT2D eigenvalue weighted by molar-refractivity contribution is 5.76. The summed E-state index contributed by atoms with van der Waals surface area (Å²) in [4.78, 5) is 18.7. The van der Waals surface area contributed by atoms with Crippen LogP contribution in [0.25, 0.3) is 0 Å². The molecule has 1 fully saturated rings. The van der Waals surface area contributed by atoms with Crippen molar-refractivity contribution in [3.63, 3.8) is 0 Å². The molecule has 2 heterocycles. The van der Waals surface area contributed by atoms with Gasteiger partial charge in [0, 0.05) is 44.9 Å². The molecule has 1 saturated heterocycles. The SMILES string of the molecule is Cn1ccnc1C1CCN(C(=O)CCCOc2ccccc2)CC1. The molecule has 1 amide bonds. The molecular weight excluding hydrogens is 302 g/mol. The van der Waals surface area contributed by atoms with Crippen molar-refractivity contribution >= 4 is 5.91 Å². The van der Waals surface area contributed by atoms with E-state index in [1.165, 1.54) is 0 Å². The summed E-state index contributed by atoms with van der Waals surface area (Å²) in [6.45, 7) is 2.24. The smallest absolute Gasteiger partial charge is 0.222 e. The Hall–Kier alpha value is -2.30. The molecule has 128 valence electrons. The molecule has 0 spiro atoms. The number of aryl methyl sites for hydroxylation is 1. The van der Waals surface area contributed by atoms with Gasteiger partial charge in [0.25, 0.3) is 0 Å². The number of benzene rings is 1. The van der Waals surface area contributed by atoms with Crippen molar-refractivity contribution in [3.05, 3.63) is 48.5 Å². The van der Waals surface area contributed by atoms with Gasteiger partial charge in [-0.1, -0.05) is 18.2 Å². The predicted molar refractivity (Wildman–Crippen MR) is 92.9 cm³/mol. The fraction of sp³-hybridized carbons (Fsp3) is 0.474. The van der Waals surface area contributed by atoms with Crippen molar-refractivity contribution in [1.29, 1.82) is 0 Å². The molecule has 2 aromatic rings. The summed E-state index contributed by atoms with van der Waals surface area (Å²) >= 11 is 0. The maximum atomic E-state index is 12.3. The van der Waals surface area contributed by atoms with Crippen molar-refractivity contribution in [2.75, 3.05) is 19.7 Å². The number of carbonyl (C=O) groups is 1. The maximum absolute atomic E-state index is 12.3. The minimum Gasteiger partial charge on any atom is -0.494 e. The number of aromatic nitrogens is 2. The molecular formula is C19H25N3O2. The standard InChI is InChI=1S/C19H25N3O2/c1-21-14-11-20-19(21)16-9-12-22(13-10-16)18(23)8-5-15-24-17-6-3-2-4-7-17/h2-4,6-7,11,14,16H,5,8-10,12-13,15H2,1H3. The van der Waals surface area contributed by atoms with Gasteiger partial charge in [-0.3, -0.25) is 4.79 Å². The van der Waals surface area contributed by atoms with Gasteiger partial charge in [0.2, 0.25) is 5.91 Å². The van der Waals surface area contributed by atoms with Gasteiger partial charge in [-0.2, -0.15) is 0 Å². The van der Waals surface area contributed by atoms with Crippen molar-refractivity contribution in [2.24, 2.45) is 7.05 Å². The average molecular weight is 327 g/mol. The van der Waals surface area contributed by atoms with E-state index in [-0.39, 0.29) is 5.91 Å². The minimum atomic E-state index is 0.241. The number of piperidine rings is 1. The topological polar surface area (TPSA) is 47.4 Å². The van der Waals surface area contributed by atoms with Crippen LogP contribution >= 0.6 is 0 Å². The molecule has 0 bridgehead atoms. The number of carbonyl (C=O) groups excluding carboxylic acids is 1. The summed E-state index contributed by atoms with van der Waals surface area (Å²) in [7, 11) is 2.03. The van der Waals surface area contributed by atoms with Crippen LogP contribution < -0.4 is 4.74 Å². The fourth-order valence-electron chi connectivity index (χ4n) is 3.25. The first-order valence-electron chi connectivity index (χ1n) is 8.67. The maximum Gasteiger partial charge on any atom is 0.222 e. The Balaban J connectivity index is 1.37. The van der Waals surface area contributed by atoms with E-state index in [0.717, 1.165) is 43.9 Å². The minimum absolute atomic E-state index is 0.241. The first-order chi connectivity index (χ1) is 11.7. The number of para-hydroxylation sites is 1. The summed E-state index contributed by atoms with van der Waals surface area (Å²) in [6.07, 6.45) is 7.14. The third kappa shape index (κ3) is 4.16. The van der Waals surface area contributed by atoms with Gasteiger partial charge >= 0.3 is 0 Å². The molecule has 1 aliphatic rings. The third-order valence-corrected chi connectivity index (χ3v) is 4.62. The summed E-state index contributed by atoms with van der Waals surface area (Å²) < 4.78 is 7.73. The van der Waals surface area contributed by atoms with Gasteiger partial charge in [-0.25, -0.2) is 4.98 Å². The van der Waals surface area contributed by atoms with E-state index in [4.69, 9.17) is 4.74 Å². The van der Waals surface area contributed by atoms with Gasteiger partial charge in [-0.05, 0) is 31.4 Å². The number of hydrogen-bond acceptors (Lipinski definition) is 3.